The summed E-state index contributed by atoms with van der Waals surface area (Å²) in [6.45, 7) is 2.74. The van der Waals surface area contributed by atoms with Crippen molar-refractivity contribution in [1.29, 1.82) is 0 Å². The van der Waals surface area contributed by atoms with Gasteiger partial charge in [0, 0.05) is 44.8 Å². The van der Waals surface area contributed by atoms with Gasteiger partial charge in [0.15, 0.2) is 0 Å². The molecule has 0 atom stereocenters. The van der Waals surface area contributed by atoms with E-state index in [1.807, 2.05) is 9.80 Å². The number of carbonyl (C=O) groups is 2. The third-order valence-corrected chi connectivity index (χ3v) is 6.65. The Labute approximate surface area is 160 Å². The molecule has 0 unspecified atom stereocenters. The number of benzene rings is 1. The molecule has 27 heavy (non-hydrogen) atoms. The van der Waals surface area contributed by atoms with Crippen molar-refractivity contribution in [3.8, 4) is 0 Å². The zero-order valence-corrected chi connectivity index (χ0v) is 16.3. The van der Waals surface area contributed by atoms with Crippen molar-refractivity contribution >= 4 is 22.0 Å². The molecule has 148 valence electrons. The van der Waals surface area contributed by atoms with Gasteiger partial charge in [-0.15, -0.1) is 0 Å². The molecule has 2 N–H and O–H groups in total. The normalized spacial score (nSPS) is 18.6. The molecule has 9 heteroatoms. The summed E-state index contributed by atoms with van der Waals surface area (Å²) >= 11 is 0. The molecule has 0 spiro atoms. The first-order valence-corrected chi connectivity index (χ1v) is 10.8. The summed E-state index contributed by atoms with van der Waals surface area (Å²) in [6, 6.07) is 5.71. The van der Waals surface area contributed by atoms with Crippen molar-refractivity contribution in [2.45, 2.75) is 36.6 Å². The lowest BCUT2D eigenvalue weighted by Gasteiger charge is -2.34. The molecule has 0 aliphatic carbocycles. The summed E-state index contributed by atoms with van der Waals surface area (Å²) in [5.74, 6) is -0.262. The van der Waals surface area contributed by atoms with E-state index in [2.05, 4.69) is 10.0 Å². The Hall–Kier alpha value is -2.13. The van der Waals surface area contributed by atoms with Crippen molar-refractivity contribution in [2.24, 2.45) is 0 Å². The van der Waals surface area contributed by atoms with Crippen LogP contribution in [-0.4, -0.2) is 69.4 Å². The Kier molecular flexibility index (Phi) is 6.01. The fourth-order valence-corrected chi connectivity index (χ4v) is 4.82. The molecular weight excluding hydrogens is 368 g/mol. The molecule has 1 aromatic rings. The monoisotopic (exact) mass is 394 g/mol. The third-order valence-electron chi connectivity index (χ3n) is 5.12. The minimum Gasteiger partial charge on any atom is -0.355 e. The van der Waals surface area contributed by atoms with Crippen molar-refractivity contribution in [3.05, 3.63) is 29.8 Å². The van der Waals surface area contributed by atoms with Gasteiger partial charge in [0.1, 0.15) is 0 Å². The fraction of sp³-hybridized carbons (Fsp3) is 0.556. The number of nitrogens with one attached hydrogen (secondary N) is 2. The quantitative estimate of drug-likeness (QED) is 0.796. The van der Waals surface area contributed by atoms with Gasteiger partial charge in [0.2, 0.25) is 10.0 Å². The highest BCUT2D eigenvalue weighted by molar-refractivity contribution is 7.89. The van der Waals surface area contributed by atoms with Crippen LogP contribution in [0.3, 0.4) is 0 Å². The lowest BCUT2D eigenvalue weighted by Crippen LogP contribution is -2.50. The lowest BCUT2D eigenvalue weighted by molar-refractivity contribution is 0.0963. The van der Waals surface area contributed by atoms with E-state index in [9.17, 15) is 18.0 Å². The second kappa shape index (κ2) is 8.26. The molecule has 2 aliphatic heterocycles. The van der Waals surface area contributed by atoms with Crippen LogP contribution < -0.4 is 10.0 Å². The van der Waals surface area contributed by atoms with Crippen molar-refractivity contribution in [3.63, 3.8) is 0 Å². The van der Waals surface area contributed by atoms with Crippen molar-refractivity contribution in [1.82, 2.24) is 19.8 Å². The van der Waals surface area contributed by atoms with E-state index in [1.54, 1.807) is 0 Å². The van der Waals surface area contributed by atoms with Gasteiger partial charge in [-0.3, -0.25) is 4.79 Å². The Morgan fingerprint density at radius 1 is 0.963 bits per heavy atom. The number of hydrogen-bond acceptors (Lipinski definition) is 4. The molecule has 3 amide bonds. The third kappa shape index (κ3) is 4.59. The summed E-state index contributed by atoms with van der Waals surface area (Å²) in [5.41, 5.74) is 0.408. The highest BCUT2D eigenvalue weighted by Crippen LogP contribution is 2.18. The minimum absolute atomic E-state index is 0.0681. The summed E-state index contributed by atoms with van der Waals surface area (Å²) < 4.78 is 27.9. The number of hydrogen-bond donors (Lipinski definition) is 2. The topological polar surface area (TPSA) is 98.8 Å². The first kappa shape index (κ1) is 19.6. The Morgan fingerprint density at radius 3 is 2.07 bits per heavy atom. The van der Waals surface area contributed by atoms with E-state index in [-0.39, 0.29) is 22.9 Å². The van der Waals surface area contributed by atoms with Crippen LogP contribution in [0.15, 0.2) is 29.2 Å². The SMILES string of the molecule is CNC(=O)c1ccc(S(=O)(=O)NC2CCN(C(=O)N3CCCC3)CC2)cc1. The molecule has 0 bridgehead atoms. The molecule has 0 radical (unpaired) electrons. The van der Waals surface area contributed by atoms with Gasteiger partial charge in [-0.25, -0.2) is 17.9 Å². The van der Waals surface area contributed by atoms with E-state index in [4.69, 9.17) is 0 Å². The van der Waals surface area contributed by atoms with Gasteiger partial charge in [0.25, 0.3) is 5.91 Å². The number of piperidine rings is 1. The average Bonchev–Trinajstić information content (AvgIpc) is 3.22. The van der Waals surface area contributed by atoms with Crippen LogP contribution >= 0.6 is 0 Å². The maximum Gasteiger partial charge on any atom is 0.319 e. The van der Waals surface area contributed by atoms with Gasteiger partial charge < -0.3 is 15.1 Å². The number of nitrogens with zero attached hydrogens (tertiary/aromatic N) is 2. The van der Waals surface area contributed by atoms with Gasteiger partial charge in [-0.2, -0.15) is 0 Å². The number of likely N-dealkylation sites (tertiary alicyclic amines) is 2. The van der Waals surface area contributed by atoms with Crippen LogP contribution in [0.2, 0.25) is 0 Å². The van der Waals surface area contributed by atoms with Crippen LogP contribution in [0.5, 0.6) is 0 Å². The summed E-state index contributed by atoms with van der Waals surface area (Å²) in [4.78, 5) is 27.8. The predicted molar refractivity (Wildman–Crippen MR) is 101 cm³/mol. The maximum absolute atomic E-state index is 12.6. The summed E-state index contributed by atoms with van der Waals surface area (Å²) in [6.07, 6.45) is 3.30. The molecule has 2 fully saturated rings. The molecule has 2 heterocycles. The second-order valence-corrected chi connectivity index (χ2v) is 8.68. The molecule has 1 aromatic carbocycles. The number of rotatable bonds is 4. The molecule has 3 rings (SSSR count). The first-order valence-electron chi connectivity index (χ1n) is 9.29. The standard InChI is InChI=1S/C18H26N4O4S/c1-19-17(23)14-4-6-16(7-5-14)27(25,26)20-15-8-12-22(13-9-15)18(24)21-10-2-3-11-21/h4-7,15,20H,2-3,8-13H2,1H3,(H,19,23). The first-order chi connectivity index (χ1) is 12.9. The van der Waals surface area contributed by atoms with E-state index >= 15 is 0 Å². The number of sulfonamides is 1. The highest BCUT2D eigenvalue weighted by Gasteiger charge is 2.29. The van der Waals surface area contributed by atoms with Gasteiger partial charge in [-0.1, -0.05) is 0 Å². The minimum atomic E-state index is -3.66. The largest absolute Gasteiger partial charge is 0.355 e. The lowest BCUT2D eigenvalue weighted by atomic mass is 10.1. The van der Waals surface area contributed by atoms with E-state index in [1.165, 1.54) is 31.3 Å². The van der Waals surface area contributed by atoms with Crippen LogP contribution in [0.4, 0.5) is 4.79 Å². The molecule has 0 saturated carbocycles. The maximum atomic E-state index is 12.6. The Bertz CT molecular complexity index is 780. The molecule has 2 aliphatic rings. The van der Waals surface area contributed by atoms with Gasteiger partial charge >= 0.3 is 6.03 Å². The van der Waals surface area contributed by atoms with Gasteiger partial charge in [0.05, 0.1) is 4.90 Å². The summed E-state index contributed by atoms with van der Waals surface area (Å²) in [7, 11) is -2.13. The van der Waals surface area contributed by atoms with Crippen molar-refractivity contribution in [2.75, 3.05) is 33.2 Å². The van der Waals surface area contributed by atoms with Crippen LogP contribution in [0, 0.1) is 0 Å². The number of carbonyl (C=O) groups excluding carboxylic acids is 2. The van der Waals surface area contributed by atoms with Crippen molar-refractivity contribution < 1.29 is 18.0 Å². The Balaban J connectivity index is 1.56. The Morgan fingerprint density at radius 2 is 1.52 bits per heavy atom. The molecule has 2 saturated heterocycles. The van der Waals surface area contributed by atoms with Crippen LogP contribution in [0.1, 0.15) is 36.0 Å². The zero-order chi connectivity index (χ0) is 19.4. The smallest absolute Gasteiger partial charge is 0.319 e. The van der Waals surface area contributed by atoms with E-state index in [0.29, 0.717) is 31.5 Å². The molecule has 0 aromatic heterocycles. The average molecular weight is 394 g/mol. The predicted octanol–water partition coefficient (Wildman–Crippen LogP) is 1.00. The highest BCUT2D eigenvalue weighted by atomic mass is 32.2. The van der Waals surface area contributed by atoms with Gasteiger partial charge in [-0.05, 0) is 49.9 Å². The zero-order valence-electron chi connectivity index (χ0n) is 15.5. The summed E-state index contributed by atoms with van der Waals surface area (Å²) in [5, 5.41) is 2.50. The number of amides is 3. The van der Waals surface area contributed by atoms with Crippen LogP contribution in [0.25, 0.3) is 0 Å². The number of urea groups is 1. The van der Waals surface area contributed by atoms with Crippen LogP contribution in [-0.2, 0) is 10.0 Å². The van der Waals surface area contributed by atoms with E-state index in [0.717, 1.165) is 25.9 Å². The van der Waals surface area contributed by atoms with E-state index < -0.39 is 10.0 Å². The molecular formula is C18H26N4O4S. The second-order valence-electron chi connectivity index (χ2n) is 6.96. The molecule has 8 nitrogen and oxygen atoms in total. The fourth-order valence-electron chi connectivity index (χ4n) is 3.51.